The van der Waals surface area contributed by atoms with Gasteiger partial charge in [0, 0.05) is 12.0 Å². The topological polar surface area (TPSA) is 111 Å². The third-order valence-corrected chi connectivity index (χ3v) is 4.06. The van der Waals surface area contributed by atoms with Crippen molar-refractivity contribution in [3.05, 3.63) is 50.1 Å². The van der Waals surface area contributed by atoms with E-state index in [0.717, 1.165) is 18.2 Å². The summed E-state index contributed by atoms with van der Waals surface area (Å²) in [6, 6.07) is 3.44. The van der Waals surface area contributed by atoms with Crippen molar-refractivity contribution >= 4 is 22.8 Å². The monoisotopic (exact) mass is 318 g/mol. The molecule has 2 unspecified atom stereocenters. The molecular formula is C15H18N4O4. The van der Waals surface area contributed by atoms with Crippen LogP contribution in [0.1, 0.15) is 27.2 Å². The summed E-state index contributed by atoms with van der Waals surface area (Å²) in [7, 11) is 0. The average Bonchev–Trinajstić information content (AvgIpc) is 2.49. The van der Waals surface area contributed by atoms with Crippen LogP contribution in [0, 0.1) is 32.1 Å². The average molecular weight is 318 g/mol. The Balaban J connectivity index is 2.31. The third kappa shape index (κ3) is 3.71. The number of nitro groups is 2. The first-order valence-corrected chi connectivity index (χ1v) is 7.24. The van der Waals surface area contributed by atoms with E-state index >= 15 is 0 Å². The van der Waals surface area contributed by atoms with E-state index in [1.165, 1.54) is 17.7 Å². The fourth-order valence-electron chi connectivity index (χ4n) is 2.50. The van der Waals surface area contributed by atoms with Crippen LogP contribution in [0.15, 0.2) is 34.9 Å². The fourth-order valence-corrected chi connectivity index (χ4v) is 2.50. The summed E-state index contributed by atoms with van der Waals surface area (Å²) < 4.78 is 0. The largest absolute Gasteiger partial charge is 0.301 e. The van der Waals surface area contributed by atoms with Crippen molar-refractivity contribution in [3.8, 4) is 0 Å². The van der Waals surface area contributed by atoms with E-state index in [4.69, 9.17) is 0 Å². The summed E-state index contributed by atoms with van der Waals surface area (Å²) in [6.45, 7) is 6.22. The Morgan fingerprint density at radius 1 is 1.17 bits per heavy atom. The molecule has 0 aliphatic heterocycles. The highest BCUT2D eigenvalue weighted by Gasteiger charge is 2.22. The van der Waals surface area contributed by atoms with E-state index in [-0.39, 0.29) is 23.0 Å². The maximum atomic E-state index is 11.1. The molecule has 2 atom stereocenters. The van der Waals surface area contributed by atoms with Crippen LogP contribution < -0.4 is 5.43 Å². The molecule has 0 spiro atoms. The van der Waals surface area contributed by atoms with Crippen LogP contribution in [0.4, 0.5) is 17.1 Å². The maximum absolute atomic E-state index is 11.1. The summed E-state index contributed by atoms with van der Waals surface area (Å²) in [5.74, 6) is 0.718. The van der Waals surface area contributed by atoms with Gasteiger partial charge in [-0.05, 0) is 31.4 Å². The Kier molecular flexibility index (Phi) is 4.73. The molecular weight excluding hydrogens is 300 g/mol. The van der Waals surface area contributed by atoms with Crippen molar-refractivity contribution in [1.82, 2.24) is 0 Å². The first kappa shape index (κ1) is 16.6. The number of benzene rings is 1. The number of nitro benzene ring substituents is 2. The SMILES string of the molecule is CC1=CC(=NNc2ccc([N+](=O)[O-])cc2[N+](=O)[O-])C(C)CC1C. The molecule has 0 saturated heterocycles. The standard InChI is InChI=1S/C15H18N4O4/c1-9-6-11(3)14(7-10(9)2)17-16-13-5-4-12(18(20)21)8-15(13)19(22)23/h4-5,7-9,11,16H,6H2,1-3H3. The molecule has 0 saturated carbocycles. The molecule has 1 aliphatic carbocycles. The first-order chi connectivity index (χ1) is 10.8. The zero-order chi connectivity index (χ0) is 17.1. The quantitative estimate of drug-likeness (QED) is 0.668. The maximum Gasteiger partial charge on any atom is 0.301 e. The Morgan fingerprint density at radius 3 is 2.48 bits per heavy atom. The Morgan fingerprint density at radius 2 is 1.87 bits per heavy atom. The predicted molar refractivity (Wildman–Crippen MR) is 87.5 cm³/mol. The second-order valence-corrected chi connectivity index (χ2v) is 5.79. The van der Waals surface area contributed by atoms with Crippen molar-refractivity contribution in [2.45, 2.75) is 27.2 Å². The molecule has 2 rings (SSSR count). The van der Waals surface area contributed by atoms with Crippen LogP contribution in [0.3, 0.4) is 0 Å². The molecule has 1 aromatic carbocycles. The molecule has 8 nitrogen and oxygen atoms in total. The van der Waals surface area contributed by atoms with E-state index < -0.39 is 9.85 Å². The highest BCUT2D eigenvalue weighted by Crippen LogP contribution is 2.30. The van der Waals surface area contributed by atoms with Gasteiger partial charge in [-0.1, -0.05) is 19.4 Å². The third-order valence-electron chi connectivity index (χ3n) is 4.06. The number of hydrogen-bond acceptors (Lipinski definition) is 6. The van der Waals surface area contributed by atoms with Gasteiger partial charge >= 0.3 is 5.69 Å². The zero-order valence-electron chi connectivity index (χ0n) is 13.1. The smallest absolute Gasteiger partial charge is 0.271 e. The van der Waals surface area contributed by atoms with E-state index in [9.17, 15) is 20.2 Å². The second-order valence-electron chi connectivity index (χ2n) is 5.79. The van der Waals surface area contributed by atoms with Crippen molar-refractivity contribution in [2.24, 2.45) is 16.9 Å². The van der Waals surface area contributed by atoms with Gasteiger partial charge in [0.25, 0.3) is 5.69 Å². The molecule has 1 aromatic rings. The summed E-state index contributed by atoms with van der Waals surface area (Å²) >= 11 is 0. The summed E-state index contributed by atoms with van der Waals surface area (Å²) in [5, 5.41) is 26.1. The molecule has 0 bridgehead atoms. The molecule has 8 heteroatoms. The molecule has 0 amide bonds. The second kappa shape index (κ2) is 6.55. The lowest BCUT2D eigenvalue weighted by Gasteiger charge is -2.24. The molecule has 0 fully saturated rings. The lowest BCUT2D eigenvalue weighted by Crippen LogP contribution is -2.20. The van der Waals surface area contributed by atoms with Gasteiger partial charge in [0.2, 0.25) is 0 Å². The summed E-state index contributed by atoms with van der Waals surface area (Å²) in [6.07, 6.45) is 2.94. The van der Waals surface area contributed by atoms with E-state index in [1.807, 2.05) is 19.9 Å². The number of anilines is 1. The molecule has 122 valence electrons. The van der Waals surface area contributed by atoms with Crippen molar-refractivity contribution in [1.29, 1.82) is 0 Å². The number of nitrogens with one attached hydrogen (secondary N) is 1. The van der Waals surface area contributed by atoms with Gasteiger partial charge in [0.1, 0.15) is 5.69 Å². The summed E-state index contributed by atoms with van der Waals surface area (Å²) in [5.41, 5.74) is 4.13. The molecule has 1 N–H and O–H groups in total. The number of hydrazone groups is 1. The molecule has 1 aliphatic rings. The van der Waals surface area contributed by atoms with Crippen LogP contribution in [0.5, 0.6) is 0 Å². The van der Waals surface area contributed by atoms with Crippen molar-refractivity contribution in [2.75, 3.05) is 5.43 Å². The van der Waals surface area contributed by atoms with Gasteiger partial charge in [-0.15, -0.1) is 0 Å². The highest BCUT2D eigenvalue weighted by atomic mass is 16.6. The number of hydrogen-bond donors (Lipinski definition) is 1. The number of nitrogens with zero attached hydrogens (tertiary/aromatic N) is 3. The van der Waals surface area contributed by atoms with E-state index in [1.54, 1.807) is 0 Å². The molecule has 0 aromatic heterocycles. The normalized spacial score (nSPS) is 22.6. The van der Waals surface area contributed by atoms with Crippen LogP contribution in [-0.4, -0.2) is 15.6 Å². The summed E-state index contributed by atoms with van der Waals surface area (Å²) in [4.78, 5) is 20.5. The van der Waals surface area contributed by atoms with Gasteiger partial charge in [0.05, 0.1) is 21.6 Å². The minimum absolute atomic E-state index is 0.130. The first-order valence-electron chi connectivity index (χ1n) is 7.24. The Hall–Kier alpha value is -2.77. The minimum Gasteiger partial charge on any atom is -0.271 e. The lowest BCUT2D eigenvalue weighted by atomic mass is 9.83. The number of allylic oxidation sites excluding steroid dienone is 2. The highest BCUT2D eigenvalue weighted by molar-refractivity contribution is 5.98. The van der Waals surface area contributed by atoms with Crippen LogP contribution in [-0.2, 0) is 0 Å². The van der Waals surface area contributed by atoms with Gasteiger partial charge < -0.3 is 0 Å². The van der Waals surface area contributed by atoms with Crippen molar-refractivity contribution in [3.63, 3.8) is 0 Å². The van der Waals surface area contributed by atoms with Crippen LogP contribution in [0.2, 0.25) is 0 Å². The van der Waals surface area contributed by atoms with Crippen LogP contribution in [0.25, 0.3) is 0 Å². The van der Waals surface area contributed by atoms with E-state index in [0.29, 0.717) is 5.92 Å². The minimum atomic E-state index is -0.667. The zero-order valence-corrected chi connectivity index (χ0v) is 13.1. The van der Waals surface area contributed by atoms with Crippen molar-refractivity contribution < 1.29 is 9.85 Å². The number of rotatable bonds is 4. The van der Waals surface area contributed by atoms with Gasteiger partial charge in [0.15, 0.2) is 0 Å². The van der Waals surface area contributed by atoms with Gasteiger partial charge in [-0.3, -0.25) is 25.7 Å². The lowest BCUT2D eigenvalue weighted by molar-refractivity contribution is -0.393. The predicted octanol–water partition coefficient (Wildman–Crippen LogP) is 3.89. The number of non-ortho nitro benzene ring substituents is 1. The molecule has 0 heterocycles. The molecule has 23 heavy (non-hydrogen) atoms. The van der Waals surface area contributed by atoms with E-state index in [2.05, 4.69) is 17.5 Å². The Bertz CT molecular complexity index is 711. The van der Waals surface area contributed by atoms with Crippen LogP contribution >= 0.6 is 0 Å². The molecule has 0 radical (unpaired) electrons. The van der Waals surface area contributed by atoms with Gasteiger partial charge in [-0.25, -0.2) is 0 Å². The van der Waals surface area contributed by atoms with Gasteiger partial charge in [-0.2, -0.15) is 5.10 Å². The fraction of sp³-hybridized carbons (Fsp3) is 0.400. The Labute approximate surface area is 133 Å².